The van der Waals surface area contributed by atoms with Gasteiger partial charge in [-0.3, -0.25) is 0 Å². The molecule has 9 aromatic rings. The van der Waals surface area contributed by atoms with Gasteiger partial charge < -0.3 is 8.80 Å². The normalized spacial score (nSPS) is 11.8. The Bertz CT molecular complexity index is 2400. The van der Waals surface area contributed by atoms with Gasteiger partial charge in [0.1, 0.15) is 0 Å². The fraction of sp³-hybridized carbons (Fsp3) is 0. The van der Waals surface area contributed by atoms with Crippen molar-refractivity contribution in [2.24, 2.45) is 0 Å². The molecule has 0 amide bonds. The number of rotatable bonds is 3. The first-order chi connectivity index (χ1) is 20.8. The highest BCUT2D eigenvalue weighted by atomic mass is 15.1. The second kappa shape index (κ2) is 8.85. The summed E-state index contributed by atoms with van der Waals surface area (Å²) in [4.78, 5) is 15.2. The predicted molar refractivity (Wildman–Crippen MR) is 171 cm³/mol. The Kier molecular flexibility index (Phi) is 4.83. The van der Waals surface area contributed by atoms with E-state index in [1.54, 1.807) is 0 Å². The molecule has 0 N–H and O–H groups in total. The summed E-state index contributed by atoms with van der Waals surface area (Å²) in [5, 5.41) is 4.68. The van der Waals surface area contributed by atoms with Crippen molar-refractivity contribution in [2.75, 3.05) is 0 Å². The van der Waals surface area contributed by atoms with E-state index < -0.39 is 0 Å². The monoisotopic (exact) mass is 537 g/mol. The molecular weight excluding hydrogens is 514 g/mol. The first kappa shape index (κ1) is 22.9. The van der Waals surface area contributed by atoms with E-state index in [4.69, 9.17) is 15.0 Å². The lowest BCUT2D eigenvalue weighted by Crippen LogP contribution is -2.02. The average Bonchev–Trinajstić information content (AvgIpc) is 3.67. The highest BCUT2D eigenvalue weighted by molar-refractivity contribution is 6.13. The molecule has 5 heteroatoms. The maximum atomic E-state index is 5.11. The van der Waals surface area contributed by atoms with Crippen LogP contribution in [-0.4, -0.2) is 23.8 Å². The molecule has 0 saturated carbocycles. The third-order valence-corrected chi connectivity index (χ3v) is 8.14. The number of hydrogen-bond acceptors (Lipinski definition) is 3. The Labute approximate surface area is 241 Å². The summed E-state index contributed by atoms with van der Waals surface area (Å²) < 4.78 is 4.65. The quantitative estimate of drug-likeness (QED) is 0.226. The van der Waals surface area contributed by atoms with Gasteiger partial charge in [-0.15, -0.1) is 0 Å². The summed E-state index contributed by atoms with van der Waals surface area (Å²) in [6, 6.07) is 46.4. The molecular formula is C37H23N5. The molecule has 0 aliphatic heterocycles. The SMILES string of the molecule is c1ccc(-c2nc(-c3ccccc3)nc(-c3cc4cccc5c6ccccc6n6ccc7cccc(c76)n3c45)n2)cc1. The largest absolute Gasteiger partial charge is 0.314 e. The average molecular weight is 538 g/mol. The van der Waals surface area contributed by atoms with E-state index >= 15 is 0 Å². The van der Waals surface area contributed by atoms with Gasteiger partial charge in [-0.1, -0.05) is 109 Å². The van der Waals surface area contributed by atoms with Crippen LogP contribution in [0.1, 0.15) is 0 Å². The zero-order valence-corrected chi connectivity index (χ0v) is 22.5. The molecule has 4 heterocycles. The van der Waals surface area contributed by atoms with Crippen LogP contribution >= 0.6 is 0 Å². The first-order valence-corrected chi connectivity index (χ1v) is 14.1. The molecule has 0 atom stereocenters. The minimum Gasteiger partial charge on any atom is -0.314 e. The van der Waals surface area contributed by atoms with Gasteiger partial charge in [0, 0.05) is 38.9 Å². The van der Waals surface area contributed by atoms with Crippen LogP contribution in [0.2, 0.25) is 0 Å². The molecule has 5 aromatic carbocycles. The lowest BCUT2D eigenvalue weighted by Gasteiger charge is -2.12. The lowest BCUT2D eigenvalue weighted by atomic mass is 10.1. The van der Waals surface area contributed by atoms with Crippen LogP contribution in [0.15, 0.2) is 140 Å². The lowest BCUT2D eigenvalue weighted by molar-refractivity contribution is 1.06. The molecule has 5 nitrogen and oxygen atoms in total. The zero-order valence-electron chi connectivity index (χ0n) is 22.5. The van der Waals surface area contributed by atoms with Crippen LogP contribution in [0.4, 0.5) is 0 Å². The van der Waals surface area contributed by atoms with Crippen molar-refractivity contribution in [3.05, 3.63) is 140 Å². The van der Waals surface area contributed by atoms with E-state index in [-0.39, 0.29) is 0 Å². The molecule has 0 saturated heterocycles. The molecule has 0 spiro atoms. The molecule has 4 aromatic heterocycles. The Morgan fingerprint density at radius 1 is 0.429 bits per heavy atom. The molecule has 0 radical (unpaired) electrons. The minimum atomic E-state index is 0.633. The second-order valence-corrected chi connectivity index (χ2v) is 10.6. The number of benzene rings is 5. The number of aromatic nitrogens is 5. The molecule has 0 bridgehead atoms. The van der Waals surface area contributed by atoms with Gasteiger partial charge in [0.25, 0.3) is 0 Å². The van der Waals surface area contributed by atoms with Gasteiger partial charge in [-0.2, -0.15) is 0 Å². The first-order valence-electron chi connectivity index (χ1n) is 14.1. The maximum Gasteiger partial charge on any atom is 0.180 e. The van der Waals surface area contributed by atoms with E-state index in [0.717, 1.165) is 38.8 Å². The Morgan fingerprint density at radius 2 is 1.02 bits per heavy atom. The molecule has 0 aliphatic carbocycles. The fourth-order valence-electron chi connectivity index (χ4n) is 6.28. The van der Waals surface area contributed by atoms with Crippen LogP contribution in [-0.2, 0) is 0 Å². The van der Waals surface area contributed by atoms with E-state index in [0.29, 0.717) is 17.5 Å². The van der Waals surface area contributed by atoms with Crippen molar-refractivity contribution in [3.8, 4) is 34.3 Å². The minimum absolute atomic E-state index is 0.633. The number of para-hydroxylation sites is 3. The molecule has 0 aliphatic rings. The smallest absolute Gasteiger partial charge is 0.180 e. The third-order valence-electron chi connectivity index (χ3n) is 8.14. The summed E-state index contributed by atoms with van der Waals surface area (Å²) in [5.41, 5.74) is 7.38. The van der Waals surface area contributed by atoms with Crippen LogP contribution in [0.5, 0.6) is 0 Å². The van der Waals surface area contributed by atoms with Crippen molar-refractivity contribution in [2.45, 2.75) is 0 Å². The van der Waals surface area contributed by atoms with Gasteiger partial charge in [0.05, 0.1) is 27.8 Å². The zero-order chi connectivity index (χ0) is 27.6. The molecule has 0 unspecified atom stereocenters. The van der Waals surface area contributed by atoms with Crippen LogP contribution < -0.4 is 0 Å². The van der Waals surface area contributed by atoms with Gasteiger partial charge >= 0.3 is 0 Å². The Morgan fingerprint density at radius 3 is 1.79 bits per heavy atom. The van der Waals surface area contributed by atoms with Crippen LogP contribution in [0.25, 0.3) is 77.9 Å². The van der Waals surface area contributed by atoms with Crippen LogP contribution in [0, 0.1) is 0 Å². The van der Waals surface area contributed by atoms with Gasteiger partial charge in [0.2, 0.25) is 0 Å². The summed E-state index contributed by atoms with van der Waals surface area (Å²) in [6.45, 7) is 0. The van der Waals surface area contributed by atoms with Crippen LogP contribution in [0.3, 0.4) is 0 Å². The second-order valence-electron chi connectivity index (χ2n) is 10.6. The Balaban J connectivity index is 1.49. The van der Waals surface area contributed by atoms with E-state index in [1.165, 1.54) is 21.7 Å². The topological polar surface area (TPSA) is 47.5 Å². The highest BCUT2D eigenvalue weighted by Gasteiger charge is 2.20. The Hall–Kier alpha value is -5.81. The molecule has 196 valence electrons. The van der Waals surface area contributed by atoms with E-state index in [1.807, 2.05) is 60.7 Å². The molecule has 42 heavy (non-hydrogen) atoms. The number of nitrogens with zero attached hydrogens (tertiary/aromatic N) is 5. The highest BCUT2D eigenvalue weighted by Crippen LogP contribution is 2.37. The maximum absolute atomic E-state index is 5.11. The van der Waals surface area contributed by atoms with Crippen molar-refractivity contribution in [1.29, 1.82) is 0 Å². The van der Waals surface area contributed by atoms with Gasteiger partial charge in [-0.05, 0) is 24.3 Å². The van der Waals surface area contributed by atoms with Crippen molar-refractivity contribution < 1.29 is 0 Å². The third kappa shape index (κ3) is 3.34. The van der Waals surface area contributed by atoms with Crippen molar-refractivity contribution in [3.63, 3.8) is 0 Å². The van der Waals surface area contributed by atoms with Crippen molar-refractivity contribution in [1.82, 2.24) is 23.8 Å². The fourth-order valence-corrected chi connectivity index (χ4v) is 6.28. The molecule has 0 fully saturated rings. The van der Waals surface area contributed by atoms with Gasteiger partial charge in [-0.25, -0.2) is 15.0 Å². The summed E-state index contributed by atoms with van der Waals surface area (Å²) in [7, 11) is 0. The summed E-state index contributed by atoms with van der Waals surface area (Å²) in [6.07, 6.45) is 2.17. The summed E-state index contributed by atoms with van der Waals surface area (Å²) in [5.74, 6) is 1.93. The summed E-state index contributed by atoms with van der Waals surface area (Å²) >= 11 is 0. The van der Waals surface area contributed by atoms with E-state index in [2.05, 4.69) is 87.8 Å². The number of hydrogen-bond donors (Lipinski definition) is 0. The predicted octanol–water partition coefficient (Wildman–Crippen LogP) is 8.84. The van der Waals surface area contributed by atoms with Crippen molar-refractivity contribution >= 4 is 43.6 Å². The molecule has 9 rings (SSSR count). The standard InChI is InChI=1S/C37H23N5/c1-3-11-25(12-4-1)35-38-36(26-13-5-2-6-14-26)40-37(39-35)32-23-27-16-9-18-29-28-17-7-8-19-30(28)41-22-21-24-15-10-20-31(34(24)41)42(32)33(27)29/h1-23H. The number of fused-ring (bicyclic) bond motifs is 4. The van der Waals surface area contributed by atoms with E-state index in [9.17, 15) is 0 Å². The van der Waals surface area contributed by atoms with Gasteiger partial charge in [0.15, 0.2) is 17.5 Å².